The Morgan fingerprint density at radius 2 is 1.92 bits per heavy atom. The summed E-state index contributed by atoms with van der Waals surface area (Å²) >= 11 is 0. The predicted molar refractivity (Wildman–Crippen MR) is 93.5 cm³/mol. The minimum atomic E-state index is 0.0403. The molecular formula is C18H25N5O2. The van der Waals surface area contributed by atoms with E-state index in [0.717, 1.165) is 81.4 Å². The van der Waals surface area contributed by atoms with Crippen LogP contribution in [0, 0.1) is 6.92 Å². The third-order valence-electron chi connectivity index (χ3n) is 5.14. The molecule has 25 heavy (non-hydrogen) atoms. The lowest BCUT2D eigenvalue weighted by molar-refractivity contribution is 0.115. The maximum Gasteiger partial charge on any atom is 0.267 e. The third-order valence-corrected chi connectivity index (χ3v) is 5.14. The molecule has 0 atom stereocenters. The van der Waals surface area contributed by atoms with Gasteiger partial charge in [-0.15, -0.1) is 0 Å². The van der Waals surface area contributed by atoms with Crippen LogP contribution in [-0.2, 0) is 25.9 Å². The van der Waals surface area contributed by atoms with Gasteiger partial charge in [0.15, 0.2) is 0 Å². The minimum absolute atomic E-state index is 0.0403. The Kier molecular flexibility index (Phi) is 4.67. The summed E-state index contributed by atoms with van der Waals surface area (Å²) in [4.78, 5) is 21.2. The molecule has 0 N–H and O–H groups in total. The van der Waals surface area contributed by atoms with E-state index in [2.05, 4.69) is 19.9 Å². The summed E-state index contributed by atoms with van der Waals surface area (Å²) in [5, 5.41) is 4.56. The van der Waals surface area contributed by atoms with Gasteiger partial charge in [-0.05, 0) is 31.7 Å². The van der Waals surface area contributed by atoms with Crippen LogP contribution in [-0.4, -0.2) is 57.3 Å². The van der Waals surface area contributed by atoms with Crippen LogP contribution in [0.2, 0.25) is 0 Å². The van der Waals surface area contributed by atoms with Crippen molar-refractivity contribution >= 4 is 0 Å². The number of piperazine rings is 1. The Morgan fingerprint density at radius 1 is 1.12 bits per heavy atom. The van der Waals surface area contributed by atoms with Crippen LogP contribution in [0.15, 0.2) is 21.5 Å². The first kappa shape index (κ1) is 16.5. The van der Waals surface area contributed by atoms with Crippen LogP contribution in [0.25, 0.3) is 0 Å². The number of aryl methyl sites for hydroxylation is 3. The van der Waals surface area contributed by atoms with Crippen LogP contribution in [0.4, 0.5) is 0 Å². The molecule has 0 saturated carbocycles. The second kappa shape index (κ2) is 7.09. The van der Waals surface area contributed by atoms with Gasteiger partial charge < -0.3 is 4.42 Å². The summed E-state index contributed by atoms with van der Waals surface area (Å²) in [6, 6.07) is 1.78. The predicted octanol–water partition coefficient (Wildman–Crippen LogP) is 0.846. The lowest BCUT2D eigenvalue weighted by atomic mass is 10.2. The average molecular weight is 343 g/mol. The number of aromatic nitrogens is 3. The molecule has 0 aromatic carbocycles. The van der Waals surface area contributed by atoms with E-state index in [-0.39, 0.29) is 5.56 Å². The van der Waals surface area contributed by atoms with Crippen molar-refractivity contribution in [3.05, 3.63) is 45.5 Å². The Bertz CT molecular complexity index is 789. The summed E-state index contributed by atoms with van der Waals surface area (Å²) in [5.41, 5.74) is 2.31. The molecule has 1 fully saturated rings. The molecule has 7 nitrogen and oxygen atoms in total. The maximum absolute atomic E-state index is 12.2. The van der Waals surface area contributed by atoms with E-state index in [1.54, 1.807) is 16.9 Å². The van der Waals surface area contributed by atoms with Crippen molar-refractivity contribution in [2.45, 2.75) is 39.3 Å². The van der Waals surface area contributed by atoms with Crippen molar-refractivity contribution in [3.63, 3.8) is 0 Å². The molecule has 0 radical (unpaired) electrons. The first-order valence-corrected chi connectivity index (χ1v) is 9.13. The second-order valence-corrected chi connectivity index (χ2v) is 7.01. The fraction of sp³-hybridized carbons (Fsp3) is 0.611. The van der Waals surface area contributed by atoms with Gasteiger partial charge in [-0.2, -0.15) is 5.10 Å². The molecule has 1 saturated heterocycles. The first-order chi connectivity index (χ1) is 12.2. The van der Waals surface area contributed by atoms with E-state index in [1.165, 1.54) is 0 Å². The summed E-state index contributed by atoms with van der Waals surface area (Å²) < 4.78 is 7.20. The SMILES string of the molecule is Cc1cnc(CN2CCN(CCn3nc4c(cc3=O)CCC4)CC2)o1. The third kappa shape index (κ3) is 3.82. The first-order valence-electron chi connectivity index (χ1n) is 9.13. The van der Waals surface area contributed by atoms with E-state index in [9.17, 15) is 4.79 Å². The number of hydrogen-bond acceptors (Lipinski definition) is 6. The summed E-state index contributed by atoms with van der Waals surface area (Å²) in [7, 11) is 0. The van der Waals surface area contributed by atoms with Crippen molar-refractivity contribution in [1.29, 1.82) is 0 Å². The fourth-order valence-electron chi connectivity index (χ4n) is 3.67. The topological polar surface area (TPSA) is 67.4 Å². The molecule has 2 aromatic heterocycles. The molecule has 4 rings (SSSR count). The van der Waals surface area contributed by atoms with Gasteiger partial charge in [-0.3, -0.25) is 14.6 Å². The smallest absolute Gasteiger partial charge is 0.267 e. The van der Waals surface area contributed by atoms with Crippen molar-refractivity contribution in [2.24, 2.45) is 0 Å². The highest BCUT2D eigenvalue weighted by molar-refractivity contribution is 5.22. The molecule has 1 aliphatic heterocycles. The normalized spacial score (nSPS) is 18.6. The molecule has 2 aliphatic rings. The van der Waals surface area contributed by atoms with Crippen LogP contribution in [0.5, 0.6) is 0 Å². The van der Waals surface area contributed by atoms with Crippen LogP contribution < -0.4 is 5.56 Å². The van der Waals surface area contributed by atoms with Gasteiger partial charge in [0.2, 0.25) is 5.89 Å². The zero-order chi connectivity index (χ0) is 17.2. The van der Waals surface area contributed by atoms with E-state index < -0.39 is 0 Å². The summed E-state index contributed by atoms with van der Waals surface area (Å²) in [6.07, 6.45) is 4.91. The number of oxazole rings is 1. The van der Waals surface area contributed by atoms with Crippen molar-refractivity contribution < 1.29 is 4.42 Å². The largest absolute Gasteiger partial charge is 0.445 e. The van der Waals surface area contributed by atoms with Gasteiger partial charge in [0.25, 0.3) is 5.56 Å². The highest BCUT2D eigenvalue weighted by Crippen LogP contribution is 2.17. The van der Waals surface area contributed by atoms with Gasteiger partial charge in [0.05, 0.1) is 25.0 Å². The monoisotopic (exact) mass is 343 g/mol. The Morgan fingerprint density at radius 3 is 2.68 bits per heavy atom. The number of hydrogen-bond donors (Lipinski definition) is 0. The van der Waals surface area contributed by atoms with E-state index in [0.29, 0.717) is 6.54 Å². The Labute approximate surface area is 147 Å². The molecule has 134 valence electrons. The molecular weight excluding hydrogens is 318 g/mol. The molecule has 0 unspecified atom stereocenters. The highest BCUT2D eigenvalue weighted by atomic mass is 16.4. The zero-order valence-electron chi connectivity index (χ0n) is 14.8. The lowest BCUT2D eigenvalue weighted by Gasteiger charge is -2.33. The zero-order valence-corrected chi connectivity index (χ0v) is 14.8. The number of nitrogens with zero attached hydrogens (tertiary/aromatic N) is 5. The Hall–Kier alpha value is -1.99. The van der Waals surface area contributed by atoms with Gasteiger partial charge in [0, 0.05) is 38.8 Å². The molecule has 7 heteroatoms. The standard InChI is InChI=1S/C18H25N5O2/c1-14-12-19-17(25-14)13-22-7-5-21(6-8-22)9-10-23-18(24)11-15-3-2-4-16(15)20-23/h11-12H,2-10,13H2,1H3. The molecule has 2 aromatic rings. The molecule has 0 bridgehead atoms. The quantitative estimate of drug-likeness (QED) is 0.802. The number of rotatable bonds is 5. The Balaban J connectivity index is 1.27. The molecule has 0 amide bonds. The molecule has 3 heterocycles. The van der Waals surface area contributed by atoms with Crippen LogP contribution >= 0.6 is 0 Å². The van der Waals surface area contributed by atoms with Gasteiger partial charge in [0.1, 0.15) is 5.76 Å². The van der Waals surface area contributed by atoms with Crippen LogP contribution in [0.1, 0.15) is 29.3 Å². The second-order valence-electron chi connectivity index (χ2n) is 7.01. The van der Waals surface area contributed by atoms with Crippen molar-refractivity contribution in [2.75, 3.05) is 32.7 Å². The summed E-state index contributed by atoms with van der Waals surface area (Å²) in [5.74, 6) is 1.65. The van der Waals surface area contributed by atoms with Gasteiger partial charge in [-0.1, -0.05) is 0 Å². The molecule has 1 aliphatic carbocycles. The van der Waals surface area contributed by atoms with Crippen LogP contribution in [0.3, 0.4) is 0 Å². The maximum atomic E-state index is 12.2. The summed E-state index contributed by atoms with van der Waals surface area (Å²) in [6.45, 7) is 8.22. The van der Waals surface area contributed by atoms with E-state index in [4.69, 9.17) is 4.42 Å². The van der Waals surface area contributed by atoms with E-state index in [1.807, 2.05) is 6.92 Å². The van der Waals surface area contributed by atoms with Gasteiger partial charge in [-0.25, -0.2) is 9.67 Å². The number of fused-ring (bicyclic) bond motifs is 1. The van der Waals surface area contributed by atoms with Crippen molar-refractivity contribution in [1.82, 2.24) is 24.6 Å². The average Bonchev–Trinajstić information content (AvgIpc) is 3.22. The highest BCUT2D eigenvalue weighted by Gasteiger charge is 2.19. The molecule has 0 spiro atoms. The van der Waals surface area contributed by atoms with Gasteiger partial charge >= 0.3 is 0 Å². The fourth-order valence-corrected chi connectivity index (χ4v) is 3.67. The van der Waals surface area contributed by atoms with E-state index >= 15 is 0 Å². The van der Waals surface area contributed by atoms with Crippen molar-refractivity contribution in [3.8, 4) is 0 Å². The lowest BCUT2D eigenvalue weighted by Crippen LogP contribution is -2.47. The minimum Gasteiger partial charge on any atom is -0.445 e.